The number of rotatable bonds is 5. The van der Waals surface area contributed by atoms with Crippen molar-refractivity contribution in [3.8, 4) is 5.75 Å². The number of aromatic nitrogens is 3. The molecule has 0 spiro atoms. The van der Waals surface area contributed by atoms with E-state index in [2.05, 4.69) is 17.1 Å². The number of hydrogen-bond acceptors (Lipinski definition) is 4. The molecule has 0 bridgehead atoms. The molecule has 0 aliphatic carbocycles. The Morgan fingerprint density at radius 1 is 1.21 bits per heavy atom. The van der Waals surface area contributed by atoms with Gasteiger partial charge in [0.1, 0.15) is 18.2 Å². The average molecular weight is 330 g/mol. The quantitative estimate of drug-likeness (QED) is 0.845. The minimum Gasteiger partial charge on any atom is -0.486 e. The molecular weight excluding hydrogens is 304 g/mol. The van der Waals surface area contributed by atoms with E-state index in [-0.39, 0.29) is 5.91 Å². The van der Waals surface area contributed by atoms with Crippen LogP contribution in [0.3, 0.4) is 0 Å². The Balaban J connectivity index is 2.03. The summed E-state index contributed by atoms with van der Waals surface area (Å²) in [4.78, 5) is 14.0. The Morgan fingerprint density at radius 2 is 1.83 bits per heavy atom. The summed E-state index contributed by atoms with van der Waals surface area (Å²) in [5.41, 5.74) is 0.432. The number of amides is 1. The predicted molar refractivity (Wildman–Crippen MR) is 94.1 cm³/mol. The van der Waals surface area contributed by atoms with E-state index in [1.807, 2.05) is 56.5 Å². The molecule has 2 aromatic rings. The molecule has 0 saturated carbocycles. The lowest BCUT2D eigenvalue weighted by Crippen LogP contribution is -2.36. The smallest absolute Gasteiger partial charge is 0.232 e. The summed E-state index contributed by atoms with van der Waals surface area (Å²) in [6.07, 6.45) is 0. The lowest BCUT2D eigenvalue weighted by atomic mass is 9.95. The Kier molecular flexibility index (Phi) is 5.26. The summed E-state index contributed by atoms with van der Waals surface area (Å²) in [5, 5.41) is 8.20. The molecule has 0 atom stereocenters. The molecule has 2 rings (SSSR count). The molecule has 0 fully saturated rings. The summed E-state index contributed by atoms with van der Waals surface area (Å²) in [5.74, 6) is 2.49. The van der Waals surface area contributed by atoms with Crippen LogP contribution in [-0.4, -0.2) is 27.7 Å². The third kappa shape index (κ3) is 3.93. The second-order valence-electron chi connectivity index (χ2n) is 6.80. The van der Waals surface area contributed by atoms with Gasteiger partial charge in [0, 0.05) is 24.7 Å². The first-order valence-corrected chi connectivity index (χ1v) is 8.13. The van der Waals surface area contributed by atoms with E-state index in [0.29, 0.717) is 6.61 Å². The van der Waals surface area contributed by atoms with Gasteiger partial charge in [-0.05, 0) is 38.1 Å². The maximum Gasteiger partial charge on any atom is 0.232 e. The van der Waals surface area contributed by atoms with Crippen LogP contribution in [0.25, 0.3) is 0 Å². The lowest BCUT2D eigenvalue weighted by Gasteiger charge is -2.26. The van der Waals surface area contributed by atoms with E-state index in [1.54, 1.807) is 11.9 Å². The van der Waals surface area contributed by atoms with E-state index < -0.39 is 5.41 Å². The van der Waals surface area contributed by atoms with Crippen LogP contribution in [0, 0.1) is 12.3 Å². The maximum atomic E-state index is 12.3. The molecule has 0 aliphatic heterocycles. The highest BCUT2D eigenvalue weighted by Crippen LogP contribution is 2.24. The van der Waals surface area contributed by atoms with Crippen LogP contribution in [0.4, 0.5) is 5.69 Å². The second-order valence-corrected chi connectivity index (χ2v) is 6.80. The molecule has 1 aromatic carbocycles. The molecule has 1 amide bonds. The summed E-state index contributed by atoms with van der Waals surface area (Å²) in [6.45, 7) is 10.9. The Bertz CT molecular complexity index is 699. The number of benzene rings is 1. The predicted octanol–water partition coefficient (Wildman–Crippen LogP) is 3.19. The van der Waals surface area contributed by atoms with Gasteiger partial charge in [0.05, 0.1) is 0 Å². The van der Waals surface area contributed by atoms with Crippen molar-refractivity contribution in [1.29, 1.82) is 0 Å². The van der Waals surface area contributed by atoms with Crippen LogP contribution in [0.1, 0.15) is 39.3 Å². The lowest BCUT2D eigenvalue weighted by molar-refractivity contribution is -0.125. The average Bonchev–Trinajstić information content (AvgIpc) is 2.91. The highest BCUT2D eigenvalue weighted by atomic mass is 16.5. The monoisotopic (exact) mass is 330 g/mol. The van der Waals surface area contributed by atoms with Gasteiger partial charge in [0.2, 0.25) is 5.91 Å². The molecule has 6 heteroatoms. The fraction of sp³-hybridized carbons (Fsp3) is 0.500. The van der Waals surface area contributed by atoms with Gasteiger partial charge < -0.3 is 14.2 Å². The highest BCUT2D eigenvalue weighted by Gasteiger charge is 2.25. The molecule has 0 unspecified atom stereocenters. The van der Waals surface area contributed by atoms with Gasteiger partial charge in [-0.15, -0.1) is 10.2 Å². The molecule has 0 N–H and O–H groups in total. The summed E-state index contributed by atoms with van der Waals surface area (Å²) < 4.78 is 7.80. The molecule has 1 heterocycles. The summed E-state index contributed by atoms with van der Waals surface area (Å²) >= 11 is 0. The topological polar surface area (TPSA) is 60.2 Å². The molecular formula is C18H26N4O2. The number of ether oxygens (including phenoxy) is 1. The normalized spacial score (nSPS) is 11.4. The number of anilines is 1. The van der Waals surface area contributed by atoms with Crippen LogP contribution < -0.4 is 9.64 Å². The van der Waals surface area contributed by atoms with E-state index in [9.17, 15) is 4.79 Å². The molecule has 130 valence electrons. The van der Waals surface area contributed by atoms with Crippen molar-refractivity contribution < 1.29 is 9.53 Å². The first-order chi connectivity index (χ1) is 11.2. The van der Waals surface area contributed by atoms with Gasteiger partial charge >= 0.3 is 0 Å². The zero-order valence-corrected chi connectivity index (χ0v) is 15.3. The fourth-order valence-corrected chi connectivity index (χ4v) is 2.48. The van der Waals surface area contributed by atoms with Crippen LogP contribution in [0.15, 0.2) is 24.3 Å². The fourth-order valence-electron chi connectivity index (χ4n) is 2.48. The molecule has 6 nitrogen and oxygen atoms in total. The van der Waals surface area contributed by atoms with E-state index in [4.69, 9.17) is 4.74 Å². The van der Waals surface area contributed by atoms with Gasteiger partial charge in [0.15, 0.2) is 5.82 Å². The van der Waals surface area contributed by atoms with Crippen molar-refractivity contribution in [2.75, 3.05) is 11.9 Å². The van der Waals surface area contributed by atoms with Gasteiger partial charge in [-0.3, -0.25) is 4.79 Å². The number of carbonyl (C=O) groups excluding carboxylic acids is 1. The van der Waals surface area contributed by atoms with E-state index >= 15 is 0 Å². The first kappa shape index (κ1) is 18.0. The molecule has 0 saturated heterocycles. The number of hydrogen-bond donors (Lipinski definition) is 0. The number of nitrogens with zero attached hydrogens (tertiary/aromatic N) is 4. The van der Waals surface area contributed by atoms with Crippen molar-refractivity contribution >= 4 is 11.6 Å². The maximum absolute atomic E-state index is 12.3. The molecule has 1 aromatic heterocycles. The van der Waals surface area contributed by atoms with Crippen LogP contribution in [0.5, 0.6) is 5.75 Å². The molecule has 0 radical (unpaired) electrons. The highest BCUT2D eigenvalue weighted by molar-refractivity contribution is 5.96. The minimum atomic E-state index is -0.411. The van der Waals surface area contributed by atoms with Crippen molar-refractivity contribution in [2.45, 2.75) is 47.8 Å². The van der Waals surface area contributed by atoms with Crippen LogP contribution in [-0.2, 0) is 17.9 Å². The molecule has 0 aliphatic rings. The van der Waals surface area contributed by atoms with Crippen LogP contribution in [0.2, 0.25) is 0 Å². The summed E-state index contributed by atoms with van der Waals surface area (Å²) in [7, 11) is 1.79. The SMILES string of the molecule is CCn1c(C)nnc1COc1ccc(N(C)C(=O)C(C)(C)C)cc1. The standard InChI is InChI=1S/C18H26N4O2/c1-7-22-13(2)19-20-16(22)12-24-15-10-8-14(9-11-15)21(6)17(23)18(3,4)5/h8-11H,7,12H2,1-6H3. The summed E-state index contributed by atoms with van der Waals surface area (Å²) in [6, 6.07) is 7.49. The van der Waals surface area contributed by atoms with E-state index in [0.717, 1.165) is 29.6 Å². The third-order valence-electron chi connectivity index (χ3n) is 3.87. The minimum absolute atomic E-state index is 0.0719. The zero-order valence-electron chi connectivity index (χ0n) is 15.3. The van der Waals surface area contributed by atoms with Gasteiger partial charge in [-0.2, -0.15) is 0 Å². The van der Waals surface area contributed by atoms with Gasteiger partial charge in [-0.25, -0.2) is 0 Å². The Labute approximate surface area is 143 Å². The van der Waals surface area contributed by atoms with E-state index in [1.165, 1.54) is 0 Å². The molecule has 24 heavy (non-hydrogen) atoms. The largest absolute Gasteiger partial charge is 0.486 e. The Morgan fingerprint density at radius 3 is 2.38 bits per heavy atom. The first-order valence-electron chi connectivity index (χ1n) is 8.13. The third-order valence-corrected chi connectivity index (χ3v) is 3.87. The van der Waals surface area contributed by atoms with Crippen molar-refractivity contribution in [3.05, 3.63) is 35.9 Å². The van der Waals surface area contributed by atoms with Crippen molar-refractivity contribution in [3.63, 3.8) is 0 Å². The number of carbonyl (C=O) groups is 1. The van der Waals surface area contributed by atoms with Crippen molar-refractivity contribution in [1.82, 2.24) is 14.8 Å². The number of aryl methyl sites for hydroxylation is 1. The second kappa shape index (κ2) is 7.03. The Hall–Kier alpha value is -2.37. The zero-order chi connectivity index (χ0) is 17.9. The van der Waals surface area contributed by atoms with Gasteiger partial charge in [0.25, 0.3) is 0 Å². The van der Waals surface area contributed by atoms with Gasteiger partial charge in [-0.1, -0.05) is 20.8 Å². The van der Waals surface area contributed by atoms with Crippen molar-refractivity contribution in [2.24, 2.45) is 5.41 Å². The van der Waals surface area contributed by atoms with Crippen LogP contribution >= 0.6 is 0 Å².